The minimum Gasteiger partial charge on any atom is -0.481 e. The van der Waals surface area contributed by atoms with Gasteiger partial charge in [0.2, 0.25) is 5.91 Å². The van der Waals surface area contributed by atoms with Crippen molar-refractivity contribution in [1.29, 1.82) is 0 Å². The Morgan fingerprint density at radius 3 is 2.33 bits per heavy atom. The maximum atomic E-state index is 12.2. The third-order valence-corrected chi connectivity index (χ3v) is 6.22. The van der Waals surface area contributed by atoms with Gasteiger partial charge in [-0.2, -0.15) is 0 Å². The van der Waals surface area contributed by atoms with E-state index < -0.39 is 18.0 Å². The Bertz CT molecular complexity index is 1020. The molecule has 0 saturated carbocycles. The summed E-state index contributed by atoms with van der Waals surface area (Å²) in [4.78, 5) is 35.4. The van der Waals surface area contributed by atoms with Crippen LogP contribution in [0.3, 0.4) is 0 Å². The number of benzene rings is 2. The molecule has 2 aromatic rings. The fourth-order valence-electron chi connectivity index (χ4n) is 4.56. The number of hydrogen-bond donors (Lipinski definition) is 3. The number of alkyl carbamates (subject to hydrolysis) is 1. The van der Waals surface area contributed by atoms with Gasteiger partial charge in [0.25, 0.3) is 0 Å². The number of nitrogens with one attached hydrogen (secondary N) is 2. The van der Waals surface area contributed by atoms with E-state index in [-0.39, 0.29) is 30.9 Å². The van der Waals surface area contributed by atoms with Gasteiger partial charge in [-0.3, -0.25) is 9.59 Å². The predicted molar refractivity (Wildman–Crippen MR) is 124 cm³/mol. The second-order valence-electron chi connectivity index (χ2n) is 8.46. The molecule has 0 fully saturated rings. The van der Waals surface area contributed by atoms with E-state index in [0.29, 0.717) is 25.8 Å². The SMILES string of the molecule is O=C(CCCNC(=O)OCC1c2ccccc2-c2ccccc21)NC1C=CCC(C(=O)O)C1. The average molecular weight is 449 g/mol. The highest BCUT2D eigenvalue weighted by atomic mass is 16.5. The largest absolute Gasteiger partial charge is 0.481 e. The van der Waals surface area contributed by atoms with Crippen LogP contribution in [0.5, 0.6) is 0 Å². The highest BCUT2D eigenvalue weighted by Crippen LogP contribution is 2.44. The van der Waals surface area contributed by atoms with Crippen molar-refractivity contribution in [2.75, 3.05) is 13.2 Å². The van der Waals surface area contributed by atoms with Crippen molar-refractivity contribution in [3.05, 3.63) is 71.8 Å². The summed E-state index contributed by atoms with van der Waals surface area (Å²) in [5.74, 6) is -1.46. The topological polar surface area (TPSA) is 105 Å². The monoisotopic (exact) mass is 448 g/mol. The van der Waals surface area contributed by atoms with Crippen LogP contribution in [0.25, 0.3) is 11.1 Å². The first-order chi connectivity index (χ1) is 16.0. The summed E-state index contributed by atoms with van der Waals surface area (Å²) in [6, 6.07) is 16.1. The van der Waals surface area contributed by atoms with Crippen molar-refractivity contribution in [2.45, 2.75) is 37.6 Å². The van der Waals surface area contributed by atoms with Gasteiger partial charge < -0.3 is 20.5 Å². The van der Waals surface area contributed by atoms with Gasteiger partial charge in [0.05, 0.1) is 5.92 Å². The van der Waals surface area contributed by atoms with Crippen LogP contribution in [-0.2, 0) is 14.3 Å². The van der Waals surface area contributed by atoms with Crippen LogP contribution in [0, 0.1) is 5.92 Å². The van der Waals surface area contributed by atoms with Crippen LogP contribution < -0.4 is 10.6 Å². The Kier molecular flexibility index (Phi) is 7.07. The van der Waals surface area contributed by atoms with Gasteiger partial charge in [-0.1, -0.05) is 60.7 Å². The van der Waals surface area contributed by atoms with Gasteiger partial charge in [-0.05, 0) is 41.5 Å². The Balaban J connectivity index is 1.18. The number of carbonyl (C=O) groups is 3. The number of aliphatic carboxylic acids is 1. The van der Waals surface area contributed by atoms with E-state index >= 15 is 0 Å². The molecule has 0 heterocycles. The lowest BCUT2D eigenvalue weighted by Crippen LogP contribution is -2.38. The number of ether oxygens (including phenoxy) is 1. The molecule has 2 unspecified atom stereocenters. The first-order valence-electron chi connectivity index (χ1n) is 11.3. The highest BCUT2D eigenvalue weighted by Gasteiger charge is 2.29. The van der Waals surface area contributed by atoms with Crippen molar-refractivity contribution in [1.82, 2.24) is 10.6 Å². The van der Waals surface area contributed by atoms with E-state index in [4.69, 9.17) is 9.84 Å². The number of hydrogen-bond acceptors (Lipinski definition) is 4. The molecule has 172 valence electrons. The summed E-state index contributed by atoms with van der Waals surface area (Å²) in [6.07, 6.45) is 4.73. The van der Waals surface area contributed by atoms with E-state index in [0.717, 1.165) is 11.1 Å². The van der Waals surface area contributed by atoms with Crippen LogP contribution in [-0.4, -0.2) is 42.3 Å². The van der Waals surface area contributed by atoms with Gasteiger partial charge in [0.1, 0.15) is 6.61 Å². The van der Waals surface area contributed by atoms with E-state index in [1.807, 2.05) is 30.3 Å². The lowest BCUT2D eigenvalue weighted by atomic mass is 9.91. The number of carboxylic acids is 1. The fourth-order valence-corrected chi connectivity index (χ4v) is 4.56. The quantitative estimate of drug-likeness (QED) is 0.420. The number of carboxylic acid groups (broad SMARTS) is 1. The Morgan fingerprint density at radius 2 is 1.67 bits per heavy atom. The number of fused-ring (bicyclic) bond motifs is 3. The second kappa shape index (κ2) is 10.3. The van der Waals surface area contributed by atoms with E-state index in [9.17, 15) is 14.4 Å². The first kappa shape index (κ1) is 22.6. The van der Waals surface area contributed by atoms with Crippen molar-refractivity contribution in [3.63, 3.8) is 0 Å². The number of allylic oxidation sites excluding steroid dienone is 1. The summed E-state index contributed by atoms with van der Waals surface area (Å²) in [5, 5.41) is 14.7. The molecule has 33 heavy (non-hydrogen) atoms. The lowest BCUT2D eigenvalue weighted by Gasteiger charge is -2.22. The van der Waals surface area contributed by atoms with Gasteiger partial charge in [0.15, 0.2) is 0 Å². The smallest absolute Gasteiger partial charge is 0.407 e. The van der Waals surface area contributed by atoms with Gasteiger partial charge in [0, 0.05) is 24.9 Å². The normalized spacial score (nSPS) is 18.8. The molecule has 3 N–H and O–H groups in total. The van der Waals surface area contributed by atoms with E-state index in [1.165, 1.54) is 11.1 Å². The lowest BCUT2D eigenvalue weighted by molar-refractivity contribution is -0.142. The molecule has 7 heteroatoms. The molecule has 2 aliphatic carbocycles. The number of carbonyl (C=O) groups excluding carboxylic acids is 2. The number of rotatable bonds is 8. The van der Waals surface area contributed by atoms with Crippen molar-refractivity contribution < 1.29 is 24.2 Å². The molecule has 0 aliphatic heterocycles. The molecule has 7 nitrogen and oxygen atoms in total. The molecule has 2 amide bonds. The molecular formula is C26H28N2O5. The fraction of sp³-hybridized carbons (Fsp3) is 0.346. The van der Waals surface area contributed by atoms with E-state index in [1.54, 1.807) is 6.08 Å². The summed E-state index contributed by atoms with van der Waals surface area (Å²) in [5.41, 5.74) is 4.67. The number of amides is 2. The second-order valence-corrected chi connectivity index (χ2v) is 8.46. The maximum absolute atomic E-state index is 12.2. The van der Waals surface area contributed by atoms with Crippen molar-refractivity contribution >= 4 is 18.0 Å². The Hall–Kier alpha value is -3.61. The van der Waals surface area contributed by atoms with Crippen molar-refractivity contribution in [2.24, 2.45) is 5.92 Å². The molecule has 0 radical (unpaired) electrons. The zero-order chi connectivity index (χ0) is 23.2. The Morgan fingerprint density at radius 1 is 1.00 bits per heavy atom. The zero-order valence-electron chi connectivity index (χ0n) is 18.3. The standard InChI is InChI=1S/C26H28N2O5/c29-24(28-18-8-5-7-17(15-18)25(30)31)13-6-14-27-26(32)33-16-23-21-11-3-1-9-19(21)20-10-2-4-12-22(20)23/h1-5,8-12,17-18,23H,6-7,13-16H2,(H,27,32)(H,28,29)(H,30,31). The average Bonchev–Trinajstić information content (AvgIpc) is 3.14. The van der Waals surface area contributed by atoms with Gasteiger partial charge >= 0.3 is 12.1 Å². The minimum atomic E-state index is -0.842. The first-order valence-corrected chi connectivity index (χ1v) is 11.3. The molecule has 0 spiro atoms. The predicted octanol–water partition coefficient (Wildman–Crippen LogP) is 3.84. The third kappa shape index (κ3) is 5.42. The molecule has 0 bridgehead atoms. The highest BCUT2D eigenvalue weighted by molar-refractivity contribution is 5.79. The van der Waals surface area contributed by atoms with Gasteiger partial charge in [-0.25, -0.2) is 4.79 Å². The van der Waals surface area contributed by atoms with Crippen molar-refractivity contribution in [3.8, 4) is 11.1 Å². The van der Waals surface area contributed by atoms with Crippen LogP contribution >= 0.6 is 0 Å². The van der Waals surface area contributed by atoms with E-state index in [2.05, 4.69) is 34.9 Å². The third-order valence-electron chi connectivity index (χ3n) is 6.22. The summed E-state index contributed by atoms with van der Waals surface area (Å²) in [7, 11) is 0. The molecule has 2 aromatic carbocycles. The summed E-state index contributed by atoms with van der Waals surface area (Å²) in [6.45, 7) is 0.571. The van der Waals surface area contributed by atoms with Crippen LogP contribution in [0.4, 0.5) is 4.79 Å². The van der Waals surface area contributed by atoms with Gasteiger partial charge in [-0.15, -0.1) is 0 Å². The molecule has 0 aromatic heterocycles. The summed E-state index contributed by atoms with van der Waals surface area (Å²) < 4.78 is 5.49. The maximum Gasteiger partial charge on any atom is 0.407 e. The molecule has 0 saturated heterocycles. The molecular weight excluding hydrogens is 420 g/mol. The van der Waals surface area contributed by atoms with Crippen LogP contribution in [0.15, 0.2) is 60.7 Å². The minimum absolute atomic E-state index is 0.00658. The molecule has 2 atom stereocenters. The van der Waals surface area contributed by atoms with Crippen LogP contribution in [0.2, 0.25) is 0 Å². The molecule has 4 rings (SSSR count). The van der Waals surface area contributed by atoms with Crippen LogP contribution in [0.1, 0.15) is 42.7 Å². The molecule has 2 aliphatic rings. The zero-order valence-corrected chi connectivity index (χ0v) is 18.3. The summed E-state index contributed by atoms with van der Waals surface area (Å²) >= 11 is 0. The Labute approximate surface area is 192 Å².